The summed E-state index contributed by atoms with van der Waals surface area (Å²) in [7, 11) is 0. The zero-order valence-electron chi connectivity index (χ0n) is 46.0. The number of nitrogens with two attached hydrogens (primary N) is 1. The van der Waals surface area contributed by atoms with Crippen molar-refractivity contribution in [3.05, 3.63) is 83.4 Å². The van der Waals surface area contributed by atoms with Crippen LogP contribution in [0.2, 0.25) is 0 Å². The number of nitrogens with zero attached hydrogens (tertiary/aromatic N) is 2. The van der Waals surface area contributed by atoms with Crippen LogP contribution in [0.3, 0.4) is 0 Å². The highest BCUT2D eigenvalue weighted by Crippen LogP contribution is 2.32. The molecule has 0 spiro atoms. The number of phenols is 1. The second-order valence-corrected chi connectivity index (χ2v) is 21.6. The number of primary amides is 1. The molecular formula is C55H74N8O19S. The van der Waals surface area contributed by atoms with Crippen LogP contribution in [-0.4, -0.2) is 191 Å². The summed E-state index contributed by atoms with van der Waals surface area (Å²) in [6, 6.07) is 6.45. The second kappa shape index (κ2) is 30.5. The number of aromatic hydroxyl groups is 1. The molecule has 0 aromatic heterocycles. The third-order valence-corrected chi connectivity index (χ3v) is 15.2. The van der Waals surface area contributed by atoms with E-state index in [2.05, 4.69) is 42.9 Å². The summed E-state index contributed by atoms with van der Waals surface area (Å²) >= 11 is 0.0622. The summed E-state index contributed by atoms with van der Waals surface area (Å²) in [5.74, 6) is -10.9. The Bertz CT molecular complexity index is 2740. The van der Waals surface area contributed by atoms with Crippen LogP contribution in [0.5, 0.6) is 11.5 Å². The Balaban J connectivity index is 1.34. The van der Waals surface area contributed by atoms with Crippen molar-refractivity contribution in [1.82, 2.24) is 36.4 Å². The number of fused-ring (bicyclic) bond motifs is 2. The van der Waals surface area contributed by atoms with E-state index in [0.29, 0.717) is 0 Å². The van der Waals surface area contributed by atoms with Gasteiger partial charge in [-0.15, -0.1) is 0 Å². The number of aliphatic hydroxyl groups excluding tert-OH is 6. The Morgan fingerprint density at radius 2 is 1.37 bits per heavy atom. The van der Waals surface area contributed by atoms with Gasteiger partial charge in [-0.05, 0) is 66.3 Å². The van der Waals surface area contributed by atoms with Gasteiger partial charge in [-0.1, -0.05) is 91.4 Å². The van der Waals surface area contributed by atoms with Gasteiger partial charge in [-0.25, -0.2) is 5.26 Å². The van der Waals surface area contributed by atoms with E-state index in [1.165, 1.54) is 43.5 Å². The largest absolute Gasteiger partial charge is 0.504 e. The van der Waals surface area contributed by atoms with Crippen molar-refractivity contribution in [2.45, 2.75) is 158 Å². The molecule has 13 atom stereocenters. The van der Waals surface area contributed by atoms with Gasteiger partial charge in [0.1, 0.15) is 36.3 Å². The molecule has 3 saturated heterocycles. The normalized spacial score (nSPS) is 26.0. The van der Waals surface area contributed by atoms with E-state index >= 15 is 0 Å². The van der Waals surface area contributed by atoms with Gasteiger partial charge in [0.25, 0.3) is 18.2 Å². The lowest BCUT2D eigenvalue weighted by atomic mass is 9.98. The third-order valence-electron chi connectivity index (χ3n) is 14.8. The first-order valence-corrected chi connectivity index (χ1v) is 28.0. The van der Waals surface area contributed by atoms with E-state index in [4.69, 9.17) is 15.2 Å². The van der Waals surface area contributed by atoms with Crippen LogP contribution in [0.25, 0.3) is 11.1 Å². The molecule has 3 aliphatic rings. The molecule has 15 N–H and O–H groups in total. The fourth-order valence-corrected chi connectivity index (χ4v) is 10.5. The van der Waals surface area contributed by atoms with Gasteiger partial charge in [-0.3, -0.25) is 38.4 Å². The number of carbonyl (C=O) groups excluding carboxylic acids is 8. The van der Waals surface area contributed by atoms with Crippen molar-refractivity contribution in [2.24, 2.45) is 11.7 Å². The molecule has 0 aliphatic carbocycles. The predicted molar refractivity (Wildman–Crippen MR) is 294 cm³/mol. The summed E-state index contributed by atoms with van der Waals surface area (Å²) in [5.41, 5.74) is 8.42. The lowest BCUT2D eigenvalue weighted by molar-refractivity contribution is -0.433. The molecule has 0 saturated carbocycles. The number of unbranched alkanes of at least 4 members (excludes halogenated alkanes) is 4. The van der Waals surface area contributed by atoms with Crippen molar-refractivity contribution in [3.63, 3.8) is 0 Å². The first-order valence-electron chi connectivity index (χ1n) is 27.3. The summed E-state index contributed by atoms with van der Waals surface area (Å²) in [5, 5.41) is 102. The number of carbonyl (C=O) groups is 8. The van der Waals surface area contributed by atoms with Gasteiger partial charge < -0.3 is 82.0 Å². The number of amides is 8. The van der Waals surface area contributed by atoms with Crippen molar-refractivity contribution in [1.29, 1.82) is 0 Å². The molecule has 83 heavy (non-hydrogen) atoms. The van der Waals surface area contributed by atoms with Gasteiger partial charge in [0, 0.05) is 50.4 Å². The molecular weight excluding hydrogens is 1110 g/mol. The summed E-state index contributed by atoms with van der Waals surface area (Å²) in [4.78, 5) is 115. The fourth-order valence-electron chi connectivity index (χ4n) is 10.3. The Kier molecular flexibility index (Phi) is 24.0. The molecule has 6 rings (SSSR count). The molecule has 3 aliphatic heterocycles. The number of rotatable bonds is 20. The highest BCUT2D eigenvalue weighted by atomic mass is 32.2. The number of aliphatic hydroxyl groups is 6. The minimum absolute atomic E-state index is 0.0622. The van der Waals surface area contributed by atoms with Gasteiger partial charge in [0.2, 0.25) is 41.4 Å². The molecule has 454 valence electrons. The van der Waals surface area contributed by atoms with E-state index in [9.17, 15) is 74.1 Å². The number of β-amino-alcohol motifs (C(OH)–C–C–N with tert-alkyl or cyclic N) is 1. The van der Waals surface area contributed by atoms with Crippen molar-refractivity contribution < 1.29 is 92.9 Å². The lowest BCUT2D eigenvalue weighted by Crippen LogP contribution is -2.64. The van der Waals surface area contributed by atoms with Crippen LogP contribution in [-0.2, 0) is 55.8 Å². The quantitative estimate of drug-likeness (QED) is 0.0272. The minimum atomic E-state index is -2.20. The molecule has 3 heterocycles. The van der Waals surface area contributed by atoms with Crippen LogP contribution in [0.1, 0.15) is 93.6 Å². The second-order valence-electron chi connectivity index (χ2n) is 21.2. The highest BCUT2D eigenvalue weighted by Gasteiger charge is 2.50. The summed E-state index contributed by atoms with van der Waals surface area (Å²) in [6.07, 6.45) is -6.71. The van der Waals surface area contributed by atoms with Crippen LogP contribution >= 0.6 is 12.3 Å². The molecule has 0 bridgehead atoms. The zero-order valence-corrected chi connectivity index (χ0v) is 46.8. The minimum Gasteiger partial charge on any atom is -0.504 e. The molecule has 28 heteroatoms. The van der Waals surface area contributed by atoms with E-state index in [0.717, 1.165) is 65.7 Å². The van der Waals surface area contributed by atoms with E-state index in [1.807, 2.05) is 24.3 Å². The number of phenolic OH excluding ortho intramolecular Hbond substituents is 1. The average Bonchev–Trinajstić information content (AvgIpc) is 4.15. The predicted octanol–water partition coefficient (Wildman–Crippen LogP) is -1.24. The van der Waals surface area contributed by atoms with Crippen molar-refractivity contribution >= 4 is 59.6 Å². The third kappa shape index (κ3) is 17.5. The number of aryl methyl sites for hydroxylation is 1. The Hall–Kier alpha value is -6.99. The van der Waals surface area contributed by atoms with Crippen LogP contribution in [0.15, 0.2) is 66.7 Å². The maximum absolute atomic E-state index is 14.6. The Morgan fingerprint density at radius 1 is 0.747 bits per heavy atom. The van der Waals surface area contributed by atoms with E-state index < -0.39 is 177 Å². The van der Waals surface area contributed by atoms with Gasteiger partial charge in [0.05, 0.1) is 43.0 Å². The van der Waals surface area contributed by atoms with Crippen LogP contribution in [0.4, 0.5) is 0 Å². The molecule has 27 nitrogen and oxygen atoms in total. The topological polar surface area (TPSA) is 419 Å². The molecule has 3 aromatic rings. The average molecular weight is 1180 g/mol. The summed E-state index contributed by atoms with van der Waals surface area (Å²) < 4.78 is 9.29. The van der Waals surface area contributed by atoms with Gasteiger partial charge in [-0.2, -0.15) is 0 Å². The number of benzene rings is 3. The number of hydrogen-bond acceptors (Lipinski definition) is 20. The van der Waals surface area contributed by atoms with Crippen LogP contribution in [0, 0.1) is 5.92 Å². The van der Waals surface area contributed by atoms with E-state index in [1.54, 1.807) is 12.1 Å². The summed E-state index contributed by atoms with van der Waals surface area (Å²) in [6.45, 7) is 3.11. The first kappa shape index (κ1) is 65.2. The molecule has 12 unspecified atom stereocenters. The number of hydrogen-bond donors (Lipinski definition) is 14. The van der Waals surface area contributed by atoms with E-state index in [-0.39, 0.29) is 29.2 Å². The molecule has 0 radical (unpaired) electrons. The fraction of sp³-hybridized carbons (Fsp3) is 0.527. The molecule has 3 aromatic carbocycles. The van der Waals surface area contributed by atoms with Gasteiger partial charge >= 0.3 is 0 Å². The van der Waals surface area contributed by atoms with Crippen LogP contribution < -0.4 is 36.5 Å². The maximum atomic E-state index is 14.6. The van der Waals surface area contributed by atoms with Crippen molar-refractivity contribution in [2.75, 3.05) is 19.6 Å². The number of nitrogens with one attached hydrogen (secondary N) is 5. The zero-order chi connectivity index (χ0) is 60.7. The molecule has 3 fully saturated rings. The van der Waals surface area contributed by atoms with Crippen molar-refractivity contribution in [3.8, 4) is 22.6 Å². The standard InChI is InChI=1S/C55H74N8O19S/c1-4-5-6-7-8-9-30-10-13-32(14-11-30)33-15-17-34(18-16-33)49(72)58-37-22-35(65)25-57-53(76)47-48(71)28(2)26-63(47)55(78)46(41(69)24-43(56)70)61-52(75)45(40(68)20-31-12-19-39(67)42(21-31)80-83-82-81-79)60-51(74)38-23-36(66)27-62(38)54(77)44(29(3)64)59-50(37)73/h10-19,21,28-29,35-38,40-41,44-48,64-69,71,79H,4-9,20,22-27H2,1-3H3,(H2,56,70)(H,57,76)(H,58,72)(H,59,73)(H,60,74)(H,61,75)/t28?,29?,35?,36?,37-,38?,40?,41?,44?,45?,46?,47?,48?/m0/s1. The molecule has 8 amide bonds. The maximum Gasteiger partial charge on any atom is 0.261 e. The van der Waals surface area contributed by atoms with Gasteiger partial charge in [0.15, 0.2) is 11.5 Å². The highest BCUT2D eigenvalue weighted by molar-refractivity contribution is 7.90. The Morgan fingerprint density at radius 3 is 2.02 bits per heavy atom. The lowest BCUT2D eigenvalue weighted by Gasteiger charge is -2.33. The SMILES string of the molecule is CCCCCCCc1ccc(-c2ccc(C(=O)N[C@H]3CC(O)CNC(=O)C4C(O)C(C)CN4C(=O)C(C(O)CC(N)=O)NC(=O)C(C(O)Cc4ccc(O)c(OSOOO)c4)NC(=O)C4CC(O)CN4C(=O)C(C(C)O)NC3=O)cc2)cc1. The Labute approximate surface area is 482 Å². The smallest absolute Gasteiger partial charge is 0.261 e. The monoisotopic (exact) mass is 1180 g/mol. The first-order chi connectivity index (χ1) is 39.5.